The first-order valence-electron chi connectivity index (χ1n) is 13.0. The fourth-order valence-corrected chi connectivity index (χ4v) is 10.3. The van der Waals surface area contributed by atoms with E-state index in [0.717, 1.165) is 30.3 Å². The Morgan fingerprint density at radius 1 is 0.676 bits per heavy atom. The van der Waals surface area contributed by atoms with Gasteiger partial charge in [-0.2, -0.15) is 0 Å². The normalized spacial score (nSPS) is 31.5. The summed E-state index contributed by atoms with van der Waals surface area (Å²) in [5, 5.41) is 4.08. The van der Waals surface area contributed by atoms with E-state index in [2.05, 4.69) is 84.9 Å². The predicted molar refractivity (Wildman–Crippen MR) is 142 cm³/mol. The van der Waals surface area contributed by atoms with Crippen molar-refractivity contribution in [2.75, 3.05) is 6.61 Å². The van der Waals surface area contributed by atoms with Crippen LogP contribution in [-0.4, -0.2) is 18.5 Å². The molecule has 4 bridgehead atoms. The molecule has 34 heavy (non-hydrogen) atoms. The molecule has 8 rings (SSSR count). The molecule has 3 aromatic rings. The minimum Gasteiger partial charge on any atom is -0.475 e. The molecule has 0 aromatic heterocycles. The second-order valence-corrected chi connectivity index (χ2v) is 13.3. The Labute approximate surface area is 204 Å². The molecule has 4 saturated carbocycles. The Bertz CT molecular complexity index is 1130. The van der Waals surface area contributed by atoms with Crippen LogP contribution in [0.1, 0.15) is 44.1 Å². The van der Waals surface area contributed by atoms with Gasteiger partial charge in [-0.25, -0.2) is 4.99 Å². The molecular formula is C31H32NOP. The maximum atomic E-state index is 6.46. The molecular weight excluding hydrogens is 433 g/mol. The number of nitrogens with zero attached hydrogens (tertiary/aromatic N) is 1. The van der Waals surface area contributed by atoms with Crippen LogP contribution in [-0.2, 0) is 4.74 Å². The lowest BCUT2D eigenvalue weighted by Crippen LogP contribution is -2.51. The third-order valence-corrected chi connectivity index (χ3v) is 11.3. The number of aliphatic imine (C=N–C) groups is 1. The Morgan fingerprint density at radius 3 is 1.79 bits per heavy atom. The van der Waals surface area contributed by atoms with Gasteiger partial charge in [0.25, 0.3) is 0 Å². The third-order valence-electron chi connectivity index (χ3n) is 8.85. The highest BCUT2D eigenvalue weighted by molar-refractivity contribution is 7.80. The van der Waals surface area contributed by atoms with Crippen LogP contribution in [0.2, 0.25) is 0 Å². The van der Waals surface area contributed by atoms with Crippen LogP contribution in [0.15, 0.2) is 89.9 Å². The van der Waals surface area contributed by atoms with Crippen molar-refractivity contribution >= 4 is 29.7 Å². The van der Waals surface area contributed by atoms with Gasteiger partial charge in [0.1, 0.15) is 6.61 Å². The molecule has 0 spiro atoms. The lowest BCUT2D eigenvalue weighted by atomic mass is 9.48. The molecule has 1 aliphatic heterocycles. The van der Waals surface area contributed by atoms with Crippen molar-refractivity contribution in [2.45, 2.75) is 44.6 Å². The average molecular weight is 466 g/mol. The Balaban J connectivity index is 1.28. The number of benzene rings is 3. The van der Waals surface area contributed by atoms with Crippen LogP contribution in [0, 0.1) is 23.2 Å². The summed E-state index contributed by atoms with van der Waals surface area (Å²) in [7, 11) is -0.685. The summed E-state index contributed by atoms with van der Waals surface area (Å²) in [6, 6.07) is 31.1. The summed E-state index contributed by atoms with van der Waals surface area (Å²) < 4.78 is 6.46. The molecule has 3 heteroatoms. The first-order valence-corrected chi connectivity index (χ1v) is 14.3. The Kier molecular flexibility index (Phi) is 5.13. The molecule has 4 aliphatic carbocycles. The largest absolute Gasteiger partial charge is 0.475 e. The van der Waals surface area contributed by atoms with Crippen molar-refractivity contribution < 1.29 is 4.74 Å². The van der Waals surface area contributed by atoms with Crippen LogP contribution in [0.4, 0.5) is 0 Å². The summed E-state index contributed by atoms with van der Waals surface area (Å²) in [5.74, 6) is 3.72. The number of rotatable bonds is 5. The van der Waals surface area contributed by atoms with Crippen LogP contribution in [0.3, 0.4) is 0 Å². The zero-order valence-corrected chi connectivity index (χ0v) is 20.5. The number of hydrogen-bond donors (Lipinski definition) is 0. The highest BCUT2D eigenvalue weighted by Gasteiger charge is 2.55. The van der Waals surface area contributed by atoms with Crippen LogP contribution >= 0.6 is 7.92 Å². The van der Waals surface area contributed by atoms with Crippen LogP contribution in [0.5, 0.6) is 0 Å². The summed E-state index contributed by atoms with van der Waals surface area (Å²) >= 11 is 0. The van der Waals surface area contributed by atoms with Crippen molar-refractivity contribution in [2.24, 2.45) is 28.2 Å². The van der Waals surface area contributed by atoms with Gasteiger partial charge in [0.15, 0.2) is 0 Å². The van der Waals surface area contributed by atoms with E-state index in [1.807, 2.05) is 0 Å². The van der Waals surface area contributed by atoms with E-state index in [0.29, 0.717) is 11.5 Å². The summed E-state index contributed by atoms with van der Waals surface area (Å²) in [5.41, 5.74) is 1.59. The molecule has 1 unspecified atom stereocenters. The van der Waals surface area contributed by atoms with Gasteiger partial charge < -0.3 is 4.74 Å². The van der Waals surface area contributed by atoms with Gasteiger partial charge in [0.05, 0.1) is 6.04 Å². The zero-order valence-electron chi connectivity index (χ0n) is 19.6. The molecule has 172 valence electrons. The van der Waals surface area contributed by atoms with Gasteiger partial charge in [-0.1, -0.05) is 78.9 Å². The second kappa shape index (κ2) is 8.35. The van der Waals surface area contributed by atoms with E-state index in [4.69, 9.17) is 9.73 Å². The Morgan fingerprint density at radius 2 is 1.21 bits per heavy atom. The summed E-state index contributed by atoms with van der Waals surface area (Å²) in [4.78, 5) is 5.38. The molecule has 3 aromatic carbocycles. The third kappa shape index (κ3) is 3.54. The van der Waals surface area contributed by atoms with Crippen LogP contribution < -0.4 is 15.9 Å². The Hall–Kier alpha value is -2.44. The van der Waals surface area contributed by atoms with Gasteiger partial charge in [-0.15, -0.1) is 0 Å². The highest BCUT2D eigenvalue weighted by atomic mass is 31.1. The first-order chi connectivity index (χ1) is 16.8. The van der Waals surface area contributed by atoms with E-state index in [1.165, 1.54) is 60.0 Å². The SMILES string of the molecule is c1ccc(P(c2ccccc2)c2ccccc2C2=NC(C34CC5CC(CC(C5)C3)C4)CO2)cc1. The summed E-state index contributed by atoms with van der Waals surface area (Å²) in [6.07, 6.45) is 8.57. The van der Waals surface area contributed by atoms with Crippen LogP contribution in [0.25, 0.3) is 0 Å². The van der Waals surface area contributed by atoms with Gasteiger partial charge in [0, 0.05) is 5.56 Å². The maximum Gasteiger partial charge on any atom is 0.217 e. The topological polar surface area (TPSA) is 21.6 Å². The molecule has 4 fully saturated rings. The molecule has 5 aliphatic rings. The number of ether oxygens (including phenoxy) is 1. The fraction of sp³-hybridized carbons (Fsp3) is 0.387. The second-order valence-electron chi connectivity index (χ2n) is 11.1. The van der Waals surface area contributed by atoms with Gasteiger partial charge >= 0.3 is 0 Å². The summed E-state index contributed by atoms with van der Waals surface area (Å²) in [6.45, 7) is 0.768. The highest BCUT2D eigenvalue weighted by Crippen LogP contribution is 2.62. The van der Waals surface area contributed by atoms with E-state index >= 15 is 0 Å². The lowest BCUT2D eigenvalue weighted by molar-refractivity contribution is -0.0691. The van der Waals surface area contributed by atoms with Crippen molar-refractivity contribution in [1.29, 1.82) is 0 Å². The van der Waals surface area contributed by atoms with Gasteiger partial charge in [-0.05, 0) is 91.6 Å². The minimum absolute atomic E-state index is 0.337. The fourth-order valence-electron chi connectivity index (χ4n) is 7.85. The molecule has 2 nitrogen and oxygen atoms in total. The first kappa shape index (κ1) is 20.9. The molecule has 1 heterocycles. The lowest BCUT2D eigenvalue weighted by Gasteiger charge is -2.58. The van der Waals surface area contributed by atoms with E-state index < -0.39 is 7.92 Å². The molecule has 1 atom stereocenters. The number of hydrogen-bond acceptors (Lipinski definition) is 2. The van der Waals surface area contributed by atoms with Crippen molar-refractivity contribution in [3.05, 3.63) is 90.5 Å². The zero-order chi connectivity index (χ0) is 22.5. The molecule has 0 saturated heterocycles. The monoisotopic (exact) mass is 465 g/mol. The smallest absolute Gasteiger partial charge is 0.217 e. The quantitative estimate of drug-likeness (QED) is 0.436. The standard InChI is InChI=1S/C31H32NOP/c1-3-9-25(10-4-1)34(26-11-5-2-6-12-26)28-14-8-7-13-27(28)30-32-29(21-33-30)31-18-22-15-23(19-31)17-24(16-22)20-31/h1-14,22-24,29H,15-21H2. The van der Waals surface area contributed by atoms with E-state index in [9.17, 15) is 0 Å². The van der Waals surface area contributed by atoms with Gasteiger partial charge in [0.2, 0.25) is 5.90 Å². The van der Waals surface area contributed by atoms with E-state index in [-0.39, 0.29) is 0 Å². The van der Waals surface area contributed by atoms with Crippen molar-refractivity contribution in [3.8, 4) is 0 Å². The predicted octanol–water partition coefficient (Wildman–Crippen LogP) is 5.81. The average Bonchev–Trinajstić information content (AvgIpc) is 3.37. The van der Waals surface area contributed by atoms with E-state index in [1.54, 1.807) is 0 Å². The van der Waals surface area contributed by atoms with Crippen molar-refractivity contribution in [1.82, 2.24) is 0 Å². The van der Waals surface area contributed by atoms with Gasteiger partial charge in [-0.3, -0.25) is 0 Å². The molecule has 0 amide bonds. The minimum atomic E-state index is -0.685. The maximum absolute atomic E-state index is 6.46. The van der Waals surface area contributed by atoms with Crippen molar-refractivity contribution in [3.63, 3.8) is 0 Å². The molecule has 0 N–H and O–H groups in total. The molecule has 0 radical (unpaired) electrons.